The third kappa shape index (κ3) is 6.79. The van der Waals surface area contributed by atoms with Crippen LogP contribution in [0.1, 0.15) is 51.7 Å². The van der Waals surface area contributed by atoms with Crippen molar-refractivity contribution in [3.05, 3.63) is 107 Å². The molecule has 0 radical (unpaired) electrons. The van der Waals surface area contributed by atoms with E-state index in [9.17, 15) is 4.79 Å². The molecule has 0 aliphatic carbocycles. The third-order valence-electron chi connectivity index (χ3n) is 7.65. The number of ether oxygens (including phenoxy) is 1. The van der Waals surface area contributed by atoms with Crippen LogP contribution < -0.4 is 15.8 Å². The van der Waals surface area contributed by atoms with E-state index < -0.39 is 0 Å². The van der Waals surface area contributed by atoms with Gasteiger partial charge in [-0.3, -0.25) is 14.7 Å². The first kappa shape index (κ1) is 27.6. The molecule has 0 saturated carbocycles. The van der Waals surface area contributed by atoms with Gasteiger partial charge < -0.3 is 20.4 Å². The van der Waals surface area contributed by atoms with E-state index in [0.717, 1.165) is 59.8 Å². The Morgan fingerprint density at radius 3 is 2.65 bits per heavy atom. The molecule has 2 unspecified atom stereocenters. The van der Waals surface area contributed by atoms with Crippen LogP contribution in [0.2, 0.25) is 0 Å². The van der Waals surface area contributed by atoms with E-state index in [1.165, 1.54) is 5.56 Å². The maximum Gasteiger partial charge on any atom is 0.255 e. The predicted molar refractivity (Wildman–Crippen MR) is 160 cm³/mol. The van der Waals surface area contributed by atoms with Crippen molar-refractivity contribution in [2.24, 2.45) is 11.7 Å². The summed E-state index contributed by atoms with van der Waals surface area (Å²) in [6.45, 7) is 11.4. The number of carbonyl (C=O) groups is 1. The molecule has 1 fully saturated rings. The van der Waals surface area contributed by atoms with Gasteiger partial charge >= 0.3 is 0 Å². The molecule has 3 N–H and O–H groups in total. The molecule has 4 aromatic rings. The van der Waals surface area contributed by atoms with Crippen LogP contribution in [-0.2, 0) is 13.2 Å². The maximum atomic E-state index is 13.4. The zero-order chi connectivity index (χ0) is 28.2. The lowest BCUT2D eigenvalue weighted by molar-refractivity contribution is 0.102. The van der Waals surface area contributed by atoms with Gasteiger partial charge in [-0.25, -0.2) is 0 Å². The van der Waals surface area contributed by atoms with E-state index >= 15 is 0 Å². The number of hydrogen-bond donors (Lipinski definition) is 2. The van der Waals surface area contributed by atoms with Gasteiger partial charge in [-0.1, -0.05) is 19.1 Å². The van der Waals surface area contributed by atoms with Crippen LogP contribution in [-0.4, -0.2) is 39.5 Å². The Kier molecular flexibility index (Phi) is 8.33. The van der Waals surface area contributed by atoms with E-state index in [1.54, 1.807) is 0 Å². The molecule has 1 aliphatic rings. The van der Waals surface area contributed by atoms with Gasteiger partial charge in [0.25, 0.3) is 5.91 Å². The summed E-state index contributed by atoms with van der Waals surface area (Å²) in [6.07, 6.45) is 6.96. The lowest BCUT2D eigenvalue weighted by Gasteiger charge is -2.35. The molecule has 3 heterocycles. The number of benzene rings is 2. The molecule has 2 aromatic carbocycles. The van der Waals surface area contributed by atoms with Crippen molar-refractivity contribution >= 4 is 11.6 Å². The number of carbonyl (C=O) groups excluding carboxylic acids is 1. The van der Waals surface area contributed by atoms with Gasteiger partial charge in [0.05, 0.1) is 0 Å². The summed E-state index contributed by atoms with van der Waals surface area (Å²) in [5.74, 6) is 0.970. The monoisotopic (exact) mass is 537 g/mol. The Labute approximate surface area is 237 Å². The number of hydrogen-bond acceptors (Lipinski definition) is 5. The molecule has 1 saturated heterocycles. The molecule has 1 aliphatic heterocycles. The molecule has 5 rings (SSSR count). The molecule has 208 valence electrons. The molecule has 7 nitrogen and oxygen atoms in total. The summed E-state index contributed by atoms with van der Waals surface area (Å²) in [4.78, 5) is 20.2. The Bertz CT molecular complexity index is 1480. The number of nitrogens with two attached hydrogens (primary N) is 1. The number of nitrogens with one attached hydrogen (secondary N) is 1. The van der Waals surface area contributed by atoms with Crippen LogP contribution in [0.4, 0.5) is 5.69 Å². The summed E-state index contributed by atoms with van der Waals surface area (Å²) in [5, 5.41) is 3.14. The first-order valence-corrected chi connectivity index (χ1v) is 14.0. The van der Waals surface area contributed by atoms with Crippen molar-refractivity contribution in [3.8, 4) is 11.4 Å². The highest BCUT2D eigenvalue weighted by atomic mass is 16.5. The molecule has 7 heteroatoms. The topological polar surface area (TPSA) is 85.4 Å². The Hall–Kier alpha value is -3.94. The smallest absolute Gasteiger partial charge is 0.255 e. The molecular formula is C33H39N5O2. The fourth-order valence-corrected chi connectivity index (χ4v) is 5.15. The number of aryl methyl sites for hydroxylation is 3. The highest BCUT2D eigenvalue weighted by molar-refractivity contribution is 6.04. The number of pyridine rings is 1. The van der Waals surface area contributed by atoms with Crippen molar-refractivity contribution in [3.63, 3.8) is 0 Å². The van der Waals surface area contributed by atoms with Gasteiger partial charge in [-0.05, 0) is 98.8 Å². The Morgan fingerprint density at radius 2 is 1.93 bits per heavy atom. The van der Waals surface area contributed by atoms with Crippen molar-refractivity contribution < 1.29 is 9.53 Å². The fraction of sp³-hybridized carbons (Fsp3) is 0.333. The van der Waals surface area contributed by atoms with Crippen LogP contribution in [0.3, 0.4) is 0 Å². The first-order chi connectivity index (χ1) is 19.2. The molecule has 2 atom stereocenters. The zero-order valence-corrected chi connectivity index (χ0v) is 23.9. The van der Waals surface area contributed by atoms with E-state index in [1.807, 2.05) is 56.4 Å². The van der Waals surface area contributed by atoms with Crippen LogP contribution in [0.15, 0.2) is 73.2 Å². The van der Waals surface area contributed by atoms with Gasteiger partial charge in [0.1, 0.15) is 12.4 Å². The minimum absolute atomic E-state index is 0.175. The summed E-state index contributed by atoms with van der Waals surface area (Å²) in [5.41, 5.74) is 13.8. The number of anilines is 1. The van der Waals surface area contributed by atoms with Gasteiger partial charge in [-0.2, -0.15) is 0 Å². The summed E-state index contributed by atoms with van der Waals surface area (Å²) in [6, 6.07) is 18.2. The normalized spacial score (nSPS) is 17.5. The number of piperidine rings is 1. The molecule has 1 amide bonds. The van der Waals surface area contributed by atoms with E-state index in [-0.39, 0.29) is 11.9 Å². The largest absolute Gasteiger partial charge is 0.489 e. The summed E-state index contributed by atoms with van der Waals surface area (Å²) < 4.78 is 8.16. The zero-order valence-electron chi connectivity index (χ0n) is 23.9. The number of likely N-dealkylation sites (tertiary alicyclic amines) is 1. The van der Waals surface area contributed by atoms with Crippen molar-refractivity contribution in [2.75, 3.05) is 18.4 Å². The summed E-state index contributed by atoms with van der Waals surface area (Å²) in [7, 11) is 0. The Balaban J connectivity index is 1.35. The highest BCUT2D eigenvalue weighted by Crippen LogP contribution is 2.25. The third-order valence-corrected chi connectivity index (χ3v) is 7.65. The molecule has 0 spiro atoms. The summed E-state index contributed by atoms with van der Waals surface area (Å²) >= 11 is 0. The van der Waals surface area contributed by atoms with E-state index in [0.29, 0.717) is 23.8 Å². The first-order valence-electron chi connectivity index (χ1n) is 14.0. The minimum atomic E-state index is -0.175. The number of aromatic nitrogens is 2. The van der Waals surface area contributed by atoms with Crippen molar-refractivity contribution in [1.82, 2.24) is 14.5 Å². The van der Waals surface area contributed by atoms with Crippen molar-refractivity contribution in [2.45, 2.75) is 53.3 Å². The second kappa shape index (κ2) is 12.1. The minimum Gasteiger partial charge on any atom is -0.489 e. The lowest BCUT2D eigenvalue weighted by atomic mass is 9.94. The van der Waals surface area contributed by atoms with Crippen LogP contribution in [0.5, 0.6) is 5.75 Å². The number of amides is 1. The van der Waals surface area contributed by atoms with Crippen LogP contribution >= 0.6 is 0 Å². The quantitative estimate of drug-likeness (QED) is 0.297. The van der Waals surface area contributed by atoms with Gasteiger partial charge in [0.2, 0.25) is 0 Å². The average molecular weight is 538 g/mol. The average Bonchev–Trinajstić information content (AvgIpc) is 3.37. The predicted octanol–water partition coefficient (Wildman–Crippen LogP) is 5.80. The highest BCUT2D eigenvalue weighted by Gasteiger charge is 2.23. The van der Waals surface area contributed by atoms with Crippen molar-refractivity contribution in [1.29, 1.82) is 0 Å². The van der Waals surface area contributed by atoms with Crippen LogP contribution in [0, 0.1) is 26.7 Å². The van der Waals surface area contributed by atoms with E-state index in [2.05, 4.69) is 64.2 Å². The second-order valence-corrected chi connectivity index (χ2v) is 11.2. The fourth-order valence-electron chi connectivity index (χ4n) is 5.15. The Morgan fingerprint density at radius 1 is 1.07 bits per heavy atom. The van der Waals surface area contributed by atoms with Crippen LogP contribution in [0.25, 0.3) is 5.69 Å². The van der Waals surface area contributed by atoms with Gasteiger partial charge in [0, 0.05) is 65.9 Å². The molecular weight excluding hydrogens is 498 g/mol. The van der Waals surface area contributed by atoms with E-state index in [4.69, 9.17) is 10.5 Å². The second-order valence-electron chi connectivity index (χ2n) is 11.2. The van der Waals surface area contributed by atoms with Gasteiger partial charge in [0.15, 0.2) is 0 Å². The molecule has 40 heavy (non-hydrogen) atoms. The standard InChI is InChI=1S/C33H39N5O2/c1-22-9-12-38(18-22)30-14-27(20-37-11-10-31(34)24(3)19-37)13-29(16-30)36-33(39)28-8-5-23(2)32(15-28)40-21-26-7-6-25(4)35-17-26/h5-9,12-18,24,31H,10-11,19-21,34H2,1-4H3,(H,36,39). The van der Waals surface area contributed by atoms with Gasteiger partial charge in [-0.15, -0.1) is 0 Å². The maximum absolute atomic E-state index is 13.4. The molecule has 0 bridgehead atoms. The lowest BCUT2D eigenvalue weighted by Crippen LogP contribution is -2.45. The number of rotatable bonds is 8. The SMILES string of the molecule is Cc1ccn(-c2cc(CN3CCC(N)C(C)C3)cc(NC(=O)c3ccc(C)c(OCc4ccc(C)nc4)c3)c2)c1. The number of nitrogens with zero attached hydrogens (tertiary/aromatic N) is 3. The molecule has 2 aromatic heterocycles.